The number of hydrogen-bond acceptors (Lipinski definition) is 3. The highest BCUT2D eigenvalue weighted by atomic mass is 16.2. The number of nitrogens with zero attached hydrogens (tertiary/aromatic N) is 4. The van der Waals surface area contributed by atoms with E-state index < -0.39 is 0 Å². The zero-order valence-corrected chi connectivity index (χ0v) is 15.1. The molecule has 25 heavy (non-hydrogen) atoms. The van der Waals surface area contributed by atoms with Crippen LogP contribution in [0.3, 0.4) is 0 Å². The van der Waals surface area contributed by atoms with Crippen LogP contribution in [-0.2, 0) is 16.8 Å². The van der Waals surface area contributed by atoms with Gasteiger partial charge in [-0.1, -0.05) is 18.2 Å². The number of amides is 1. The van der Waals surface area contributed by atoms with Gasteiger partial charge in [0.2, 0.25) is 5.91 Å². The molecule has 0 unspecified atom stereocenters. The Bertz CT molecular complexity index is 774. The summed E-state index contributed by atoms with van der Waals surface area (Å²) >= 11 is 0. The molecule has 5 nitrogen and oxygen atoms in total. The molecule has 2 aliphatic heterocycles. The van der Waals surface area contributed by atoms with Crippen molar-refractivity contribution in [1.82, 2.24) is 14.5 Å². The maximum atomic E-state index is 12.9. The molecule has 2 aliphatic rings. The lowest BCUT2D eigenvalue weighted by molar-refractivity contribution is -0.124. The van der Waals surface area contributed by atoms with E-state index in [2.05, 4.69) is 32.7 Å². The van der Waals surface area contributed by atoms with E-state index in [1.165, 1.54) is 5.56 Å². The molecule has 4 rings (SSSR count). The number of para-hydroxylation sites is 1. The molecule has 1 aromatic heterocycles. The van der Waals surface area contributed by atoms with E-state index in [-0.39, 0.29) is 11.3 Å². The summed E-state index contributed by atoms with van der Waals surface area (Å²) in [6, 6.07) is 8.30. The first-order valence-corrected chi connectivity index (χ1v) is 9.19. The van der Waals surface area contributed by atoms with Crippen molar-refractivity contribution in [2.24, 2.45) is 0 Å². The van der Waals surface area contributed by atoms with Crippen molar-refractivity contribution in [3.63, 3.8) is 0 Å². The van der Waals surface area contributed by atoms with E-state index in [1.807, 2.05) is 37.3 Å². The van der Waals surface area contributed by atoms with Crippen LogP contribution in [0.2, 0.25) is 0 Å². The number of rotatable bonds is 4. The van der Waals surface area contributed by atoms with Crippen LogP contribution in [0.15, 0.2) is 36.7 Å². The van der Waals surface area contributed by atoms with E-state index >= 15 is 0 Å². The number of likely N-dealkylation sites (tertiary alicyclic amines) is 1. The molecule has 132 valence electrons. The van der Waals surface area contributed by atoms with Gasteiger partial charge in [-0.05, 0) is 57.5 Å². The molecule has 0 N–H and O–H groups in total. The second-order valence-corrected chi connectivity index (χ2v) is 7.33. The van der Waals surface area contributed by atoms with Crippen molar-refractivity contribution < 1.29 is 4.79 Å². The average Bonchev–Trinajstić information content (AvgIpc) is 3.13. The van der Waals surface area contributed by atoms with Crippen LogP contribution in [0.1, 0.15) is 30.7 Å². The normalized spacial score (nSPS) is 19.6. The number of fused-ring (bicyclic) bond motifs is 2. The van der Waals surface area contributed by atoms with Crippen molar-refractivity contribution in [1.29, 1.82) is 0 Å². The fourth-order valence-corrected chi connectivity index (χ4v) is 4.46. The lowest BCUT2D eigenvalue weighted by Gasteiger charge is -2.38. The van der Waals surface area contributed by atoms with Gasteiger partial charge in [-0.3, -0.25) is 4.79 Å². The van der Waals surface area contributed by atoms with Gasteiger partial charge >= 0.3 is 0 Å². The third kappa shape index (κ3) is 2.67. The second kappa shape index (κ2) is 6.30. The molecular weight excluding hydrogens is 312 g/mol. The molecule has 0 bridgehead atoms. The fourth-order valence-electron chi connectivity index (χ4n) is 4.46. The van der Waals surface area contributed by atoms with Crippen LogP contribution in [0, 0.1) is 6.92 Å². The van der Waals surface area contributed by atoms with Crippen LogP contribution in [-0.4, -0.2) is 47.0 Å². The maximum absolute atomic E-state index is 12.9. The number of aryl methyl sites for hydroxylation is 2. The minimum Gasteiger partial charge on any atom is -0.335 e. The van der Waals surface area contributed by atoms with Crippen molar-refractivity contribution in [3.8, 4) is 0 Å². The smallest absolute Gasteiger partial charge is 0.237 e. The number of aromatic nitrogens is 2. The Morgan fingerprint density at radius 3 is 2.64 bits per heavy atom. The molecule has 1 fully saturated rings. The number of carbonyl (C=O) groups is 1. The highest BCUT2D eigenvalue weighted by molar-refractivity contribution is 6.07. The summed E-state index contributed by atoms with van der Waals surface area (Å²) in [5, 5.41) is 0. The lowest BCUT2D eigenvalue weighted by atomic mass is 9.73. The summed E-state index contributed by atoms with van der Waals surface area (Å²) in [5.41, 5.74) is 2.04. The van der Waals surface area contributed by atoms with Crippen LogP contribution in [0.5, 0.6) is 0 Å². The number of likely N-dealkylation sites (N-methyl/N-ethyl adjacent to an activating group) is 1. The molecule has 1 amide bonds. The van der Waals surface area contributed by atoms with Gasteiger partial charge in [-0.25, -0.2) is 4.98 Å². The van der Waals surface area contributed by atoms with Gasteiger partial charge in [0.1, 0.15) is 5.82 Å². The van der Waals surface area contributed by atoms with Crippen molar-refractivity contribution in [2.75, 3.05) is 31.6 Å². The Hall–Kier alpha value is -2.14. The topological polar surface area (TPSA) is 41.4 Å². The van der Waals surface area contributed by atoms with Crippen LogP contribution in [0.25, 0.3) is 0 Å². The van der Waals surface area contributed by atoms with E-state index in [1.54, 1.807) is 0 Å². The number of benzene rings is 1. The largest absolute Gasteiger partial charge is 0.335 e. The summed E-state index contributed by atoms with van der Waals surface area (Å²) < 4.78 is 2.21. The Labute approximate surface area is 149 Å². The van der Waals surface area contributed by atoms with Gasteiger partial charge < -0.3 is 14.4 Å². The predicted octanol–water partition coefficient (Wildman–Crippen LogP) is 2.59. The molecule has 3 heterocycles. The number of carbonyl (C=O) groups excluding carboxylic acids is 1. The summed E-state index contributed by atoms with van der Waals surface area (Å²) in [6.07, 6.45) is 6.88. The SMILES string of the molecule is Cc1nccn1CCCN1CCC2(CC1)C(=O)N(C)c1ccccc12. The van der Waals surface area contributed by atoms with Gasteiger partial charge in [-0.2, -0.15) is 0 Å². The Kier molecular flexibility index (Phi) is 4.12. The first-order valence-electron chi connectivity index (χ1n) is 9.19. The first-order chi connectivity index (χ1) is 12.1. The number of anilines is 1. The van der Waals surface area contributed by atoms with Gasteiger partial charge in [0.25, 0.3) is 0 Å². The standard InChI is InChI=1S/C20H26N4O/c1-16-21-10-15-24(16)12-5-11-23-13-8-20(9-14-23)17-6-3-4-7-18(17)22(2)19(20)25/h3-4,6-7,10,15H,5,8-9,11-14H2,1-2H3. The van der Waals surface area contributed by atoms with E-state index in [0.29, 0.717) is 0 Å². The molecule has 0 aliphatic carbocycles. The highest BCUT2D eigenvalue weighted by Crippen LogP contribution is 2.47. The zero-order chi connectivity index (χ0) is 17.4. The Morgan fingerprint density at radius 1 is 1.16 bits per heavy atom. The van der Waals surface area contributed by atoms with Gasteiger partial charge in [-0.15, -0.1) is 0 Å². The molecule has 2 aromatic rings. The Balaban J connectivity index is 1.38. The van der Waals surface area contributed by atoms with E-state index in [0.717, 1.165) is 57.0 Å². The predicted molar refractivity (Wildman–Crippen MR) is 98.8 cm³/mol. The summed E-state index contributed by atoms with van der Waals surface area (Å²) in [7, 11) is 1.91. The molecular formula is C20H26N4O. The van der Waals surface area contributed by atoms with E-state index in [4.69, 9.17) is 0 Å². The van der Waals surface area contributed by atoms with E-state index in [9.17, 15) is 4.79 Å². The third-order valence-electron chi connectivity index (χ3n) is 6.00. The molecule has 1 aromatic carbocycles. The lowest BCUT2D eigenvalue weighted by Crippen LogP contribution is -2.48. The average molecular weight is 338 g/mol. The molecule has 0 saturated carbocycles. The summed E-state index contributed by atoms with van der Waals surface area (Å²) in [6.45, 7) is 6.13. The minimum absolute atomic E-state index is 0.280. The molecule has 1 saturated heterocycles. The fraction of sp³-hybridized carbons (Fsp3) is 0.500. The van der Waals surface area contributed by atoms with Crippen LogP contribution >= 0.6 is 0 Å². The first kappa shape index (κ1) is 16.3. The highest BCUT2D eigenvalue weighted by Gasteiger charge is 2.50. The van der Waals surface area contributed by atoms with Crippen molar-refractivity contribution in [3.05, 3.63) is 48.0 Å². The molecule has 5 heteroatoms. The van der Waals surface area contributed by atoms with Gasteiger partial charge in [0.05, 0.1) is 5.41 Å². The molecule has 1 spiro atoms. The molecule has 0 radical (unpaired) electrons. The number of hydrogen-bond donors (Lipinski definition) is 0. The number of imidazole rings is 1. The number of piperidine rings is 1. The summed E-state index contributed by atoms with van der Waals surface area (Å²) in [4.78, 5) is 21.6. The zero-order valence-electron chi connectivity index (χ0n) is 15.1. The second-order valence-electron chi connectivity index (χ2n) is 7.33. The van der Waals surface area contributed by atoms with Crippen molar-refractivity contribution >= 4 is 11.6 Å². The quantitative estimate of drug-likeness (QED) is 0.860. The molecule has 0 atom stereocenters. The van der Waals surface area contributed by atoms with Crippen LogP contribution in [0.4, 0.5) is 5.69 Å². The maximum Gasteiger partial charge on any atom is 0.237 e. The van der Waals surface area contributed by atoms with Gasteiger partial charge in [0.15, 0.2) is 0 Å². The van der Waals surface area contributed by atoms with Crippen LogP contribution < -0.4 is 4.90 Å². The minimum atomic E-state index is -0.289. The monoisotopic (exact) mass is 338 g/mol. The van der Waals surface area contributed by atoms with Crippen molar-refractivity contribution in [2.45, 2.75) is 38.1 Å². The summed E-state index contributed by atoms with van der Waals surface area (Å²) in [5.74, 6) is 1.36. The Morgan fingerprint density at radius 2 is 1.92 bits per heavy atom. The third-order valence-corrected chi connectivity index (χ3v) is 6.00. The van der Waals surface area contributed by atoms with Gasteiger partial charge in [0, 0.05) is 31.7 Å².